The SMILES string of the molecule is C(C=Cc1ccccc1)=Cc1ccccc1.C(C=Cc1ccccc1)=Cc1ccccc1.C(C=Cc1ccccc1)=Cc1ccccc1.C[O-].C[O-].C[O-].[C-]1=CC=CC1.[Ti+4]. The van der Waals surface area contributed by atoms with E-state index in [9.17, 15) is 0 Å². The minimum Gasteiger partial charge on any atom is -0.857 e. The van der Waals surface area contributed by atoms with Crippen molar-refractivity contribution in [1.29, 1.82) is 0 Å². The fourth-order valence-corrected chi connectivity index (χ4v) is 4.73. The largest absolute Gasteiger partial charge is 4.00 e. The molecule has 1 aliphatic rings. The van der Waals surface area contributed by atoms with Crippen LogP contribution in [0.15, 0.2) is 237 Å². The van der Waals surface area contributed by atoms with Crippen LogP contribution in [0.2, 0.25) is 0 Å². The van der Waals surface area contributed by atoms with Gasteiger partial charge in [-0.1, -0.05) is 255 Å². The van der Waals surface area contributed by atoms with Gasteiger partial charge in [-0.3, -0.25) is 6.08 Å². The third-order valence-corrected chi connectivity index (χ3v) is 7.45. The van der Waals surface area contributed by atoms with Crippen LogP contribution in [0.25, 0.3) is 36.5 Å². The standard InChI is InChI=1S/3C16H14.C5H5.3CH3O.Ti/c3*1-3-9-15(10-4-1)13-7-8-14-16-11-5-2-6-12-16;1-2-4-5-3-1;3*1-2;/h3*1-14H;1-3H,4H2;3*1H3;/q;;;4*-1;+4. The Labute approximate surface area is 375 Å². The van der Waals surface area contributed by atoms with Crippen LogP contribution in [-0.4, -0.2) is 21.3 Å². The van der Waals surface area contributed by atoms with E-state index in [4.69, 9.17) is 15.3 Å². The topological polar surface area (TPSA) is 69.2 Å². The molecule has 0 saturated heterocycles. The van der Waals surface area contributed by atoms with Crippen LogP contribution >= 0.6 is 0 Å². The summed E-state index contributed by atoms with van der Waals surface area (Å²) in [6, 6.07) is 61.7. The molecule has 0 N–H and O–H groups in total. The summed E-state index contributed by atoms with van der Waals surface area (Å²) in [7, 11) is 2.25. The van der Waals surface area contributed by atoms with Crippen LogP contribution in [-0.2, 0) is 21.7 Å². The zero-order valence-corrected chi connectivity index (χ0v) is 36.5. The summed E-state index contributed by atoms with van der Waals surface area (Å²) >= 11 is 0. The molecule has 0 radical (unpaired) electrons. The molecule has 6 aromatic rings. The van der Waals surface area contributed by atoms with Gasteiger partial charge in [0.1, 0.15) is 0 Å². The Morgan fingerprint density at radius 3 is 0.617 bits per heavy atom. The number of hydrogen-bond acceptors (Lipinski definition) is 3. The maximum absolute atomic E-state index is 8.25. The van der Waals surface area contributed by atoms with Gasteiger partial charge in [-0.2, -0.15) is 27.4 Å². The van der Waals surface area contributed by atoms with Crippen molar-refractivity contribution in [2.24, 2.45) is 0 Å². The Balaban J connectivity index is 0.000000768. The molecule has 0 aliphatic heterocycles. The Kier molecular flexibility index (Phi) is 36.8. The molecule has 0 bridgehead atoms. The summed E-state index contributed by atoms with van der Waals surface area (Å²) in [6.07, 6.45) is 34.9. The van der Waals surface area contributed by atoms with Gasteiger partial charge in [0, 0.05) is 0 Å². The zero-order valence-electron chi connectivity index (χ0n) is 34.9. The van der Waals surface area contributed by atoms with Crippen LogP contribution in [0.3, 0.4) is 0 Å². The van der Waals surface area contributed by atoms with Crippen LogP contribution in [0.5, 0.6) is 0 Å². The van der Waals surface area contributed by atoms with Gasteiger partial charge in [0.25, 0.3) is 0 Å². The van der Waals surface area contributed by atoms with E-state index in [1.807, 2.05) is 121 Å². The van der Waals surface area contributed by atoms with E-state index in [-0.39, 0.29) is 21.7 Å². The molecular formula is C56H56O3Ti. The summed E-state index contributed by atoms with van der Waals surface area (Å²) in [5.41, 5.74) is 7.33. The van der Waals surface area contributed by atoms with Gasteiger partial charge in [-0.05, 0) is 33.4 Å². The normalized spacial score (nSPS) is 10.8. The quantitative estimate of drug-likeness (QED) is 0.0828. The smallest absolute Gasteiger partial charge is 0.857 e. The summed E-state index contributed by atoms with van der Waals surface area (Å²) in [6.45, 7) is 0. The minimum atomic E-state index is 0. The van der Waals surface area contributed by atoms with E-state index in [0.717, 1.165) is 27.8 Å². The van der Waals surface area contributed by atoms with Crippen molar-refractivity contribution in [3.05, 3.63) is 276 Å². The van der Waals surface area contributed by atoms with Gasteiger partial charge in [0.15, 0.2) is 0 Å². The molecule has 0 fully saturated rings. The van der Waals surface area contributed by atoms with Crippen LogP contribution in [0.4, 0.5) is 0 Å². The van der Waals surface area contributed by atoms with E-state index in [0.29, 0.717) is 0 Å². The van der Waals surface area contributed by atoms with E-state index in [1.54, 1.807) is 0 Å². The molecule has 1 aliphatic carbocycles. The Hall–Kier alpha value is -6.17. The average Bonchev–Trinajstić information content (AvgIpc) is 3.94. The molecule has 0 saturated carbocycles. The molecule has 302 valence electrons. The molecule has 0 atom stereocenters. The zero-order chi connectivity index (χ0) is 42.7. The summed E-state index contributed by atoms with van der Waals surface area (Å²) in [4.78, 5) is 0. The van der Waals surface area contributed by atoms with Crippen LogP contribution in [0, 0.1) is 6.08 Å². The summed E-state index contributed by atoms with van der Waals surface area (Å²) in [5, 5.41) is 24.8. The van der Waals surface area contributed by atoms with Gasteiger partial charge in [0.05, 0.1) is 0 Å². The van der Waals surface area contributed by atoms with Gasteiger partial charge < -0.3 is 15.3 Å². The Morgan fingerprint density at radius 1 is 0.317 bits per heavy atom. The second kappa shape index (κ2) is 41.0. The molecule has 0 heterocycles. The van der Waals surface area contributed by atoms with E-state index >= 15 is 0 Å². The van der Waals surface area contributed by atoms with Crippen molar-refractivity contribution in [2.75, 3.05) is 21.3 Å². The number of hydrogen-bond donors (Lipinski definition) is 0. The maximum atomic E-state index is 8.25. The average molecular weight is 825 g/mol. The Morgan fingerprint density at radius 2 is 0.500 bits per heavy atom. The third-order valence-electron chi connectivity index (χ3n) is 7.45. The fraction of sp³-hybridized carbons (Fsp3) is 0.0714. The summed E-state index contributed by atoms with van der Waals surface area (Å²) in [5.74, 6) is 0. The van der Waals surface area contributed by atoms with Crippen molar-refractivity contribution in [3.8, 4) is 0 Å². The predicted octanol–water partition coefficient (Wildman–Crippen LogP) is 11.5. The molecule has 6 aromatic carbocycles. The van der Waals surface area contributed by atoms with Gasteiger partial charge >= 0.3 is 21.7 Å². The van der Waals surface area contributed by atoms with Gasteiger partial charge in [-0.15, -0.1) is 6.42 Å². The van der Waals surface area contributed by atoms with E-state index in [2.05, 4.69) is 158 Å². The first-order valence-electron chi connectivity index (χ1n) is 19.1. The van der Waals surface area contributed by atoms with E-state index < -0.39 is 0 Å². The molecule has 0 unspecified atom stereocenters. The molecule has 4 heteroatoms. The van der Waals surface area contributed by atoms with Crippen molar-refractivity contribution in [2.45, 2.75) is 6.42 Å². The minimum absolute atomic E-state index is 0. The molecule has 60 heavy (non-hydrogen) atoms. The predicted molar refractivity (Wildman–Crippen MR) is 252 cm³/mol. The molecular weight excluding hydrogens is 768 g/mol. The van der Waals surface area contributed by atoms with Gasteiger partial charge in [0.2, 0.25) is 0 Å². The number of allylic oxidation sites excluding steroid dienone is 10. The van der Waals surface area contributed by atoms with Gasteiger partial charge in [-0.25, -0.2) is 12.2 Å². The molecule has 0 spiro atoms. The number of benzene rings is 6. The maximum Gasteiger partial charge on any atom is 4.00 e. The van der Waals surface area contributed by atoms with Crippen molar-refractivity contribution in [1.82, 2.24) is 0 Å². The van der Waals surface area contributed by atoms with Crippen molar-refractivity contribution in [3.63, 3.8) is 0 Å². The Bertz CT molecular complexity index is 1670. The molecule has 7 rings (SSSR count). The molecule has 0 aromatic heterocycles. The first-order valence-corrected chi connectivity index (χ1v) is 19.1. The molecule has 0 amide bonds. The number of rotatable bonds is 9. The first kappa shape index (κ1) is 53.8. The first-order chi connectivity index (χ1) is 29.3. The monoisotopic (exact) mass is 824 g/mol. The van der Waals surface area contributed by atoms with E-state index in [1.165, 1.54) is 33.4 Å². The van der Waals surface area contributed by atoms with Crippen molar-refractivity contribution < 1.29 is 37.0 Å². The van der Waals surface area contributed by atoms with Crippen LogP contribution in [0.1, 0.15) is 39.8 Å². The summed E-state index contributed by atoms with van der Waals surface area (Å²) < 4.78 is 0. The molecule has 3 nitrogen and oxygen atoms in total. The van der Waals surface area contributed by atoms with Crippen molar-refractivity contribution >= 4 is 36.5 Å². The third kappa shape index (κ3) is 29.1. The fourth-order valence-electron chi connectivity index (χ4n) is 4.73. The van der Waals surface area contributed by atoms with Crippen LogP contribution < -0.4 is 15.3 Å². The second-order valence-electron chi connectivity index (χ2n) is 11.6. The second-order valence-corrected chi connectivity index (χ2v) is 11.6.